The molecule has 1 aliphatic rings. The maximum absolute atomic E-state index is 11.6. The summed E-state index contributed by atoms with van der Waals surface area (Å²) in [6.45, 7) is 8.23. The highest BCUT2D eigenvalue weighted by Crippen LogP contribution is 2.40. The predicted molar refractivity (Wildman–Crippen MR) is 160 cm³/mol. The largest absolute Gasteiger partial charge is 0.494 e. The molecule has 1 aliphatic heterocycles. The van der Waals surface area contributed by atoms with Crippen LogP contribution < -0.4 is 19.7 Å². The maximum atomic E-state index is 11.6. The van der Waals surface area contributed by atoms with Gasteiger partial charge in [0.05, 0.1) is 20.3 Å². The second kappa shape index (κ2) is 12.3. The Morgan fingerprint density at radius 3 is 2.36 bits per heavy atom. The number of methoxy groups -OCH3 is 2. The van der Waals surface area contributed by atoms with Gasteiger partial charge in [0.25, 0.3) is 0 Å². The van der Waals surface area contributed by atoms with E-state index in [1.165, 1.54) is 5.69 Å². The number of piperazine rings is 1. The standard InChI is InChI=1S/C32H40N4O3/c1-4-34-18-20-35(21-19-34)29-13-8-12-26-27(29)23-36(32(26)37)28(14-9-17-33-25-10-6-5-7-11-25)24-15-16-30(38-2)31(22-24)39-3/h5-8,10-13,15-16,22-23,28,33,37H,4,9,14,17-21H2,1-3H3/t28-/m1/s1. The molecule has 39 heavy (non-hydrogen) atoms. The zero-order chi connectivity index (χ0) is 27.2. The normalized spacial score (nSPS) is 14.9. The summed E-state index contributed by atoms with van der Waals surface area (Å²) >= 11 is 0. The molecule has 0 saturated carbocycles. The first kappa shape index (κ1) is 26.8. The van der Waals surface area contributed by atoms with E-state index in [1.807, 2.05) is 41.0 Å². The van der Waals surface area contributed by atoms with E-state index < -0.39 is 0 Å². The first-order valence-electron chi connectivity index (χ1n) is 13.9. The van der Waals surface area contributed by atoms with E-state index >= 15 is 0 Å². The quantitative estimate of drug-likeness (QED) is 0.233. The third-order valence-electron chi connectivity index (χ3n) is 7.88. The van der Waals surface area contributed by atoms with Gasteiger partial charge in [-0.2, -0.15) is 0 Å². The minimum Gasteiger partial charge on any atom is -0.494 e. The minimum absolute atomic E-state index is 0.0698. The Morgan fingerprint density at radius 2 is 1.64 bits per heavy atom. The molecule has 4 aromatic rings. The van der Waals surface area contributed by atoms with E-state index in [0.29, 0.717) is 17.4 Å². The zero-order valence-corrected chi connectivity index (χ0v) is 23.3. The van der Waals surface area contributed by atoms with Crippen molar-refractivity contribution in [3.8, 4) is 17.4 Å². The van der Waals surface area contributed by atoms with Gasteiger partial charge < -0.3 is 34.3 Å². The van der Waals surface area contributed by atoms with Crippen LogP contribution in [0.4, 0.5) is 11.4 Å². The summed E-state index contributed by atoms with van der Waals surface area (Å²) in [7, 11) is 3.31. The number of hydrogen-bond donors (Lipinski definition) is 2. The van der Waals surface area contributed by atoms with E-state index in [1.54, 1.807) is 14.2 Å². The van der Waals surface area contributed by atoms with Crippen molar-refractivity contribution in [3.63, 3.8) is 0 Å². The first-order chi connectivity index (χ1) is 19.1. The van der Waals surface area contributed by atoms with E-state index in [0.717, 1.165) is 74.1 Å². The highest BCUT2D eigenvalue weighted by molar-refractivity contribution is 5.98. The lowest BCUT2D eigenvalue weighted by molar-refractivity contribution is 0.271. The second-order valence-electron chi connectivity index (χ2n) is 10.1. The molecule has 0 amide bonds. The van der Waals surface area contributed by atoms with E-state index in [4.69, 9.17) is 9.47 Å². The van der Waals surface area contributed by atoms with Crippen LogP contribution in [0.1, 0.15) is 31.4 Å². The Morgan fingerprint density at radius 1 is 0.872 bits per heavy atom. The second-order valence-corrected chi connectivity index (χ2v) is 10.1. The van der Waals surface area contributed by atoms with Gasteiger partial charge in [-0.15, -0.1) is 0 Å². The highest BCUT2D eigenvalue weighted by Gasteiger charge is 2.24. The monoisotopic (exact) mass is 528 g/mol. The van der Waals surface area contributed by atoms with Crippen molar-refractivity contribution in [1.82, 2.24) is 9.47 Å². The van der Waals surface area contributed by atoms with Crippen LogP contribution in [0.3, 0.4) is 0 Å². The number of rotatable bonds is 11. The van der Waals surface area contributed by atoms with Crippen molar-refractivity contribution in [2.24, 2.45) is 0 Å². The van der Waals surface area contributed by atoms with Gasteiger partial charge in [0.2, 0.25) is 0 Å². The molecule has 0 radical (unpaired) electrons. The lowest BCUT2D eigenvalue weighted by Crippen LogP contribution is -2.46. The number of ether oxygens (including phenoxy) is 2. The summed E-state index contributed by atoms with van der Waals surface area (Å²) < 4.78 is 13.2. The van der Waals surface area contributed by atoms with Crippen LogP contribution in [-0.2, 0) is 0 Å². The number of aromatic nitrogens is 1. The third-order valence-corrected chi connectivity index (χ3v) is 7.88. The maximum Gasteiger partial charge on any atom is 0.199 e. The van der Waals surface area contributed by atoms with E-state index in [9.17, 15) is 5.11 Å². The average Bonchev–Trinajstić information content (AvgIpc) is 3.33. The summed E-state index contributed by atoms with van der Waals surface area (Å²) in [5.41, 5.74) is 3.37. The summed E-state index contributed by atoms with van der Waals surface area (Å²) in [6.07, 6.45) is 3.90. The highest BCUT2D eigenvalue weighted by atomic mass is 16.5. The van der Waals surface area contributed by atoms with Gasteiger partial charge in [-0.1, -0.05) is 37.3 Å². The molecule has 0 spiro atoms. The van der Waals surface area contributed by atoms with E-state index in [2.05, 4.69) is 58.6 Å². The molecule has 2 heterocycles. The SMILES string of the molecule is CCN1CCN(c2cccc3c(O)n([C@H](CCCNc4ccccc4)c4ccc(OC)c(OC)c4)cc23)CC1. The molecule has 206 valence electrons. The number of nitrogens with one attached hydrogen (secondary N) is 1. The Kier molecular flexibility index (Phi) is 8.47. The Bertz CT molecular complexity index is 1360. The molecule has 5 rings (SSSR count). The Balaban J connectivity index is 1.47. The van der Waals surface area contributed by atoms with Crippen LogP contribution in [0.5, 0.6) is 17.4 Å². The smallest absolute Gasteiger partial charge is 0.199 e. The summed E-state index contributed by atoms with van der Waals surface area (Å²) in [5.74, 6) is 1.68. The molecule has 1 fully saturated rings. The molecular weight excluding hydrogens is 488 g/mol. The molecule has 7 heteroatoms. The fraction of sp³-hybridized carbons (Fsp3) is 0.375. The third kappa shape index (κ3) is 5.78. The predicted octanol–water partition coefficient (Wildman–Crippen LogP) is 5.99. The number of benzene rings is 3. The number of hydrogen-bond acceptors (Lipinski definition) is 6. The van der Waals surface area contributed by atoms with Crippen molar-refractivity contribution < 1.29 is 14.6 Å². The molecular formula is C32H40N4O3. The van der Waals surface area contributed by atoms with Gasteiger partial charge in [-0.3, -0.25) is 0 Å². The molecule has 7 nitrogen and oxygen atoms in total. The number of nitrogens with zero attached hydrogens (tertiary/aromatic N) is 3. The number of likely N-dealkylation sites (N-methyl/N-ethyl adjacent to an activating group) is 1. The van der Waals surface area contributed by atoms with Crippen molar-refractivity contribution in [3.05, 3.63) is 78.5 Å². The Labute approximate surface area is 231 Å². The first-order valence-corrected chi connectivity index (χ1v) is 13.9. The molecule has 0 bridgehead atoms. The van der Waals surface area contributed by atoms with Crippen LogP contribution in [0.2, 0.25) is 0 Å². The fourth-order valence-corrected chi connectivity index (χ4v) is 5.65. The van der Waals surface area contributed by atoms with Crippen LogP contribution in [-0.4, -0.2) is 68.1 Å². The van der Waals surface area contributed by atoms with Crippen molar-refractivity contribution >= 4 is 22.1 Å². The fourth-order valence-electron chi connectivity index (χ4n) is 5.65. The molecule has 2 N–H and O–H groups in total. The van der Waals surface area contributed by atoms with Crippen molar-refractivity contribution in [1.29, 1.82) is 0 Å². The van der Waals surface area contributed by atoms with Gasteiger partial charge in [0.15, 0.2) is 17.4 Å². The number of anilines is 2. The van der Waals surface area contributed by atoms with Crippen molar-refractivity contribution in [2.75, 3.05) is 63.7 Å². The molecule has 1 aromatic heterocycles. The number of fused-ring (bicyclic) bond motifs is 1. The van der Waals surface area contributed by atoms with Crippen LogP contribution in [0, 0.1) is 0 Å². The summed E-state index contributed by atoms with van der Waals surface area (Å²) in [4.78, 5) is 4.93. The van der Waals surface area contributed by atoms with Gasteiger partial charge in [0.1, 0.15) is 0 Å². The van der Waals surface area contributed by atoms with Crippen LogP contribution in [0.25, 0.3) is 10.8 Å². The summed E-state index contributed by atoms with van der Waals surface area (Å²) in [6, 6.07) is 22.5. The lowest BCUT2D eigenvalue weighted by Gasteiger charge is -2.35. The number of para-hydroxylation sites is 1. The topological polar surface area (TPSA) is 62.1 Å². The van der Waals surface area contributed by atoms with E-state index in [-0.39, 0.29) is 6.04 Å². The summed E-state index contributed by atoms with van der Waals surface area (Å²) in [5, 5.41) is 17.0. The van der Waals surface area contributed by atoms with Gasteiger partial charge >= 0.3 is 0 Å². The molecule has 1 saturated heterocycles. The Hall–Kier alpha value is -3.84. The minimum atomic E-state index is -0.0698. The molecule has 1 atom stereocenters. The average molecular weight is 529 g/mol. The molecule has 0 unspecified atom stereocenters. The van der Waals surface area contributed by atoms with Gasteiger partial charge in [0, 0.05) is 61.1 Å². The zero-order valence-electron chi connectivity index (χ0n) is 23.3. The van der Waals surface area contributed by atoms with Crippen LogP contribution in [0.15, 0.2) is 72.9 Å². The van der Waals surface area contributed by atoms with Crippen molar-refractivity contribution in [2.45, 2.75) is 25.8 Å². The number of aromatic hydroxyl groups is 1. The molecule has 3 aromatic carbocycles. The lowest BCUT2D eigenvalue weighted by atomic mass is 10.0. The molecule has 0 aliphatic carbocycles. The van der Waals surface area contributed by atoms with Gasteiger partial charge in [-0.25, -0.2) is 0 Å². The van der Waals surface area contributed by atoms with Gasteiger partial charge in [-0.05, 0) is 61.3 Å². The van der Waals surface area contributed by atoms with Crippen LogP contribution >= 0.6 is 0 Å².